The van der Waals surface area contributed by atoms with E-state index in [9.17, 15) is 9.59 Å². The molecule has 0 aliphatic rings. The summed E-state index contributed by atoms with van der Waals surface area (Å²) in [6.45, 7) is 1.89. The van der Waals surface area contributed by atoms with E-state index in [0.717, 1.165) is 0 Å². The highest BCUT2D eigenvalue weighted by atomic mass is 16.4. The summed E-state index contributed by atoms with van der Waals surface area (Å²) < 4.78 is 0. The molecule has 0 radical (unpaired) electrons. The first-order chi connectivity index (χ1) is 7.92. The number of carbonyl (C=O) groups excluding carboxylic acids is 1. The van der Waals surface area contributed by atoms with Crippen LogP contribution in [0, 0.1) is 29.6 Å². The number of nitriles is 1. The highest BCUT2D eigenvalue weighted by Crippen LogP contribution is 1.98. The molecule has 0 saturated carbocycles. The molecule has 6 heteroatoms. The Bertz CT molecular complexity index is 367. The molecule has 17 heavy (non-hydrogen) atoms. The largest absolute Gasteiger partial charge is 0.480 e. The van der Waals surface area contributed by atoms with Crippen LogP contribution in [0.2, 0.25) is 0 Å². The number of nitrogens with zero attached hydrogens (tertiary/aromatic N) is 2. The number of carbonyl (C=O) groups is 2. The summed E-state index contributed by atoms with van der Waals surface area (Å²) in [6.07, 6.45) is 4.92. The second-order valence-electron chi connectivity index (χ2n) is 3.66. The van der Waals surface area contributed by atoms with Crippen LogP contribution in [0.15, 0.2) is 0 Å². The summed E-state index contributed by atoms with van der Waals surface area (Å²) >= 11 is 0. The highest BCUT2D eigenvalue weighted by molar-refractivity contribution is 5.82. The Morgan fingerprint density at radius 3 is 2.59 bits per heavy atom. The van der Waals surface area contributed by atoms with Gasteiger partial charge < -0.3 is 15.3 Å². The molecule has 2 amide bonds. The zero-order valence-corrected chi connectivity index (χ0v) is 9.80. The number of hydrogen-bond acceptors (Lipinski definition) is 3. The van der Waals surface area contributed by atoms with Crippen LogP contribution < -0.4 is 5.32 Å². The molecule has 0 aromatic rings. The molecule has 6 nitrogen and oxygen atoms in total. The molecule has 2 N–H and O–H groups in total. The monoisotopic (exact) mass is 237 g/mol. The molecule has 0 aliphatic heterocycles. The van der Waals surface area contributed by atoms with Gasteiger partial charge in [-0.25, -0.2) is 9.59 Å². The third-order valence-electron chi connectivity index (χ3n) is 2.03. The molecular weight excluding hydrogens is 222 g/mol. The van der Waals surface area contributed by atoms with E-state index in [4.69, 9.17) is 16.8 Å². The number of urea groups is 1. The van der Waals surface area contributed by atoms with Crippen molar-refractivity contribution in [3.63, 3.8) is 0 Å². The summed E-state index contributed by atoms with van der Waals surface area (Å²) in [7, 11) is 1.48. The third-order valence-corrected chi connectivity index (χ3v) is 2.03. The predicted molar refractivity (Wildman–Crippen MR) is 60.8 cm³/mol. The Morgan fingerprint density at radius 1 is 1.59 bits per heavy atom. The van der Waals surface area contributed by atoms with Crippen LogP contribution in [0.1, 0.15) is 13.3 Å². The molecule has 0 spiro atoms. The van der Waals surface area contributed by atoms with Gasteiger partial charge in [-0.1, -0.05) is 0 Å². The van der Waals surface area contributed by atoms with E-state index >= 15 is 0 Å². The van der Waals surface area contributed by atoms with Gasteiger partial charge in [0.05, 0.1) is 12.0 Å². The van der Waals surface area contributed by atoms with E-state index in [2.05, 4.69) is 11.2 Å². The van der Waals surface area contributed by atoms with E-state index in [1.54, 1.807) is 6.92 Å². The van der Waals surface area contributed by atoms with Crippen molar-refractivity contribution in [1.29, 1.82) is 5.26 Å². The maximum atomic E-state index is 11.6. The summed E-state index contributed by atoms with van der Waals surface area (Å²) in [5, 5.41) is 19.7. The van der Waals surface area contributed by atoms with E-state index < -0.39 is 18.0 Å². The number of carboxylic acid groups (broad SMARTS) is 1. The third kappa shape index (κ3) is 5.43. The second-order valence-corrected chi connectivity index (χ2v) is 3.66. The quantitative estimate of drug-likeness (QED) is 0.671. The topological polar surface area (TPSA) is 93.4 Å². The van der Waals surface area contributed by atoms with Gasteiger partial charge in [-0.2, -0.15) is 5.26 Å². The first-order valence-electron chi connectivity index (χ1n) is 4.99. The first-order valence-corrected chi connectivity index (χ1v) is 4.99. The van der Waals surface area contributed by atoms with Gasteiger partial charge in [0.25, 0.3) is 0 Å². The van der Waals surface area contributed by atoms with Crippen molar-refractivity contribution in [2.45, 2.75) is 19.4 Å². The Hall–Kier alpha value is -2.21. The minimum atomic E-state index is -1.18. The Balaban J connectivity index is 4.37. The minimum absolute atomic E-state index is 0.0806. The molecule has 0 heterocycles. The van der Waals surface area contributed by atoms with Gasteiger partial charge in [0.1, 0.15) is 6.04 Å². The Labute approximate surface area is 100 Å². The van der Waals surface area contributed by atoms with Crippen molar-refractivity contribution in [3.8, 4) is 18.4 Å². The van der Waals surface area contributed by atoms with E-state index in [0.29, 0.717) is 0 Å². The molecule has 92 valence electrons. The predicted octanol–water partition coefficient (Wildman–Crippen LogP) is 0.264. The highest BCUT2D eigenvalue weighted by Gasteiger charge is 2.21. The van der Waals surface area contributed by atoms with Gasteiger partial charge >= 0.3 is 12.0 Å². The number of amides is 2. The van der Waals surface area contributed by atoms with Crippen LogP contribution in [0.5, 0.6) is 0 Å². The molecule has 0 aromatic carbocycles. The van der Waals surface area contributed by atoms with E-state index in [1.807, 2.05) is 6.07 Å². The summed E-state index contributed by atoms with van der Waals surface area (Å²) in [5.74, 6) is 0.679. The van der Waals surface area contributed by atoms with Crippen LogP contribution in [-0.4, -0.2) is 41.6 Å². The number of carboxylic acids is 1. The molecule has 0 aliphatic carbocycles. The van der Waals surface area contributed by atoms with Crippen LogP contribution in [-0.2, 0) is 4.79 Å². The Morgan fingerprint density at radius 2 is 2.18 bits per heavy atom. The number of hydrogen-bond donors (Lipinski definition) is 2. The Kier molecular flexibility index (Phi) is 6.20. The summed E-state index contributed by atoms with van der Waals surface area (Å²) in [4.78, 5) is 23.6. The van der Waals surface area contributed by atoms with Crippen molar-refractivity contribution in [2.24, 2.45) is 5.92 Å². The van der Waals surface area contributed by atoms with E-state index in [1.165, 1.54) is 11.9 Å². The maximum Gasteiger partial charge on any atom is 0.327 e. The first kappa shape index (κ1) is 14.8. The lowest BCUT2D eigenvalue weighted by atomic mass is 10.2. The lowest BCUT2D eigenvalue weighted by Crippen LogP contribution is -2.47. The lowest BCUT2D eigenvalue weighted by molar-refractivity contribution is -0.139. The van der Waals surface area contributed by atoms with Crippen molar-refractivity contribution in [3.05, 3.63) is 0 Å². The fourth-order valence-electron chi connectivity index (χ4n) is 1.11. The molecule has 0 bridgehead atoms. The van der Waals surface area contributed by atoms with Crippen LogP contribution >= 0.6 is 0 Å². The van der Waals surface area contributed by atoms with Crippen LogP contribution in [0.3, 0.4) is 0 Å². The van der Waals surface area contributed by atoms with Crippen molar-refractivity contribution >= 4 is 12.0 Å². The number of rotatable bonds is 5. The van der Waals surface area contributed by atoms with Crippen molar-refractivity contribution < 1.29 is 14.7 Å². The summed E-state index contributed by atoms with van der Waals surface area (Å²) in [5.41, 5.74) is 0. The van der Waals surface area contributed by atoms with Gasteiger partial charge in [0.2, 0.25) is 0 Å². The fraction of sp³-hybridized carbons (Fsp3) is 0.545. The zero-order chi connectivity index (χ0) is 13.4. The van der Waals surface area contributed by atoms with Gasteiger partial charge in [-0.3, -0.25) is 0 Å². The number of nitrogens with one attached hydrogen (secondary N) is 1. The lowest BCUT2D eigenvalue weighted by Gasteiger charge is -2.21. The van der Waals surface area contributed by atoms with Crippen LogP contribution in [0.4, 0.5) is 4.79 Å². The van der Waals surface area contributed by atoms with Gasteiger partial charge in [-0.15, -0.1) is 12.3 Å². The van der Waals surface area contributed by atoms with Gasteiger partial charge in [0.15, 0.2) is 0 Å². The average molecular weight is 237 g/mol. The molecule has 2 unspecified atom stereocenters. The average Bonchev–Trinajstić information content (AvgIpc) is 2.27. The maximum absolute atomic E-state index is 11.6. The van der Waals surface area contributed by atoms with Crippen molar-refractivity contribution in [2.75, 3.05) is 13.6 Å². The minimum Gasteiger partial charge on any atom is -0.480 e. The van der Waals surface area contributed by atoms with Gasteiger partial charge in [-0.05, 0) is 6.92 Å². The summed E-state index contributed by atoms with van der Waals surface area (Å²) in [6, 6.07) is 0.317. The number of terminal acetylenes is 1. The molecule has 2 atom stereocenters. The van der Waals surface area contributed by atoms with Crippen molar-refractivity contribution in [1.82, 2.24) is 10.2 Å². The standard InChI is InChI=1S/C11H15N3O3/c1-4-5-9(10(15)16)13-11(17)14(3)7-8(2)6-12/h1,8-9H,5,7H2,2-3H3,(H,13,17)(H,15,16). The fourth-order valence-corrected chi connectivity index (χ4v) is 1.11. The van der Waals surface area contributed by atoms with Gasteiger partial charge in [0, 0.05) is 20.0 Å². The van der Waals surface area contributed by atoms with Crippen LogP contribution in [0.25, 0.3) is 0 Å². The molecular formula is C11H15N3O3. The molecule has 0 rings (SSSR count). The number of aliphatic carboxylic acids is 1. The second kappa shape index (κ2) is 7.13. The molecule has 0 fully saturated rings. The molecule has 0 saturated heterocycles. The normalized spacial score (nSPS) is 12.7. The van der Waals surface area contributed by atoms with E-state index in [-0.39, 0.29) is 18.9 Å². The molecule has 0 aromatic heterocycles. The SMILES string of the molecule is C#CCC(NC(=O)N(C)CC(C)C#N)C(=O)O. The smallest absolute Gasteiger partial charge is 0.327 e. The zero-order valence-electron chi connectivity index (χ0n) is 9.80.